The summed E-state index contributed by atoms with van der Waals surface area (Å²) in [6.07, 6.45) is 15.0. The molecule has 0 aromatic heterocycles. The van der Waals surface area contributed by atoms with Gasteiger partial charge in [-0.25, -0.2) is 8.78 Å². The van der Waals surface area contributed by atoms with Gasteiger partial charge in [-0.2, -0.15) is 0 Å². The molecule has 2 N–H and O–H groups in total. The van der Waals surface area contributed by atoms with Gasteiger partial charge in [-0.15, -0.1) is 0 Å². The second-order valence-corrected chi connectivity index (χ2v) is 12.7. The van der Waals surface area contributed by atoms with Gasteiger partial charge in [0.15, 0.2) is 0 Å². The molecule has 234 valence electrons. The summed E-state index contributed by atoms with van der Waals surface area (Å²) in [5.41, 5.74) is 3.18. The largest absolute Gasteiger partial charge is 0.374 e. The SMILES string of the molecule is C=C(Cc1c(F)cc(CCCCC2CCN=CN/C=C(/CC)C=NCC2)cc1F)N1CC(CNCC(C)(CC)CC)C1. The van der Waals surface area contributed by atoms with Gasteiger partial charge < -0.3 is 15.5 Å². The van der Waals surface area contributed by atoms with Crippen LogP contribution in [0.5, 0.6) is 0 Å². The van der Waals surface area contributed by atoms with E-state index in [9.17, 15) is 0 Å². The van der Waals surface area contributed by atoms with E-state index >= 15 is 8.78 Å². The van der Waals surface area contributed by atoms with E-state index in [2.05, 4.69) is 59.8 Å². The lowest BCUT2D eigenvalue weighted by Crippen LogP contribution is -2.51. The first-order valence-electron chi connectivity index (χ1n) is 16.3. The van der Waals surface area contributed by atoms with Crippen molar-refractivity contribution in [3.63, 3.8) is 0 Å². The summed E-state index contributed by atoms with van der Waals surface area (Å²) in [6.45, 7) is 18.5. The van der Waals surface area contributed by atoms with Crippen LogP contribution in [-0.4, -0.2) is 56.7 Å². The van der Waals surface area contributed by atoms with Gasteiger partial charge >= 0.3 is 0 Å². The second-order valence-electron chi connectivity index (χ2n) is 12.7. The van der Waals surface area contributed by atoms with Crippen LogP contribution in [0, 0.1) is 28.9 Å². The maximum Gasteiger partial charge on any atom is 0.129 e. The van der Waals surface area contributed by atoms with Crippen molar-refractivity contribution < 1.29 is 8.78 Å². The summed E-state index contributed by atoms with van der Waals surface area (Å²) < 4.78 is 30.0. The van der Waals surface area contributed by atoms with Crippen LogP contribution in [0.25, 0.3) is 0 Å². The van der Waals surface area contributed by atoms with Gasteiger partial charge in [0, 0.05) is 75.3 Å². The fourth-order valence-electron chi connectivity index (χ4n) is 5.70. The van der Waals surface area contributed by atoms with E-state index in [0.29, 0.717) is 23.7 Å². The third-order valence-corrected chi connectivity index (χ3v) is 9.44. The van der Waals surface area contributed by atoms with Crippen molar-refractivity contribution in [1.29, 1.82) is 0 Å². The highest BCUT2D eigenvalue weighted by atomic mass is 19.1. The summed E-state index contributed by atoms with van der Waals surface area (Å²) >= 11 is 0. The maximum atomic E-state index is 15.0. The Labute approximate surface area is 254 Å². The molecular formula is C35H55F2N5. The number of nitrogens with one attached hydrogen (secondary N) is 2. The standard InChI is InChI=1S/C35H55F2N5/c1-6-28-20-38-15-13-29(14-16-39-26-41-21-28)11-9-10-12-30-18-33(36)32(34(37)19-30)17-27(4)42-23-31(24-42)22-40-25-35(5,7-2)8-3/h18-21,26,29,31,40H,4,6-17,22-25H2,1-3,5H3,(H,39,41)/b28-21-,38-20?. The van der Waals surface area contributed by atoms with Gasteiger partial charge in [0.2, 0.25) is 0 Å². The van der Waals surface area contributed by atoms with E-state index in [-0.39, 0.29) is 12.0 Å². The summed E-state index contributed by atoms with van der Waals surface area (Å²) in [5, 5.41) is 6.75. The summed E-state index contributed by atoms with van der Waals surface area (Å²) in [7, 11) is 0. The zero-order valence-electron chi connectivity index (χ0n) is 26.7. The van der Waals surface area contributed by atoms with Crippen LogP contribution >= 0.6 is 0 Å². The number of unbranched alkanes of at least 4 members (excludes halogenated alkanes) is 1. The summed E-state index contributed by atoms with van der Waals surface area (Å²) in [4.78, 5) is 11.2. The molecule has 1 aromatic carbocycles. The van der Waals surface area contributed by atoms with E-state index in [1.54, 1.807) is 6.34 Å². The Bertz CT molecular complexity index is 1050. The predicted octanol–water partition coefficient (Wildman–Crippen LogP) is 7.47. The van der Waals surface area contributed by atoms with E-state index in [4.69, 9.17) is 0 Å². The van der Waals surface area contributed by atoms with Crippen LogP contribution < -0.4 is 10.6 Å². The van der Waals surface area contributed by atoms with E-state index in [1.807, 2.05) is 12.4 Å². The zero-order chi connectivity index (χ0) is 30.4. The molecule has 1 unspecified atom stereocenters. The Balaban J connectivity index is 1.40. The fourth-order valence-corrected chi connectivity index (χ4v) is 5.70. The number of halogens is 2. The van der Waals surface area contributed by atoms with Crippen LogP contribution in [0.3, 0.4) is 0 Å². The van der Waals surface area contributed by atoms with Gasteiger partial charge in [-0.3, -0.25) is 9.98 Å². The molecule has 5 nitrogen and oxygen atoms in total. The molecule has 42 heavy (non-hydrogen) atoms. The number of aryl methyl sites for hydroxylation is 1. The molecule has 1 fully saturated rings. The molecule has 2 aliphatic rings. The first kappa shape index (κ1) is 34.0. The molecule has 2 heterocycles. The lowest BCUT2D eigenvalue weighted by molar-refractivity contribution is 0.133. The fraction of sp³-hybridized carbons (Fsp3) is 0.657. The Hall–Kier alpha value is -2.54. The number of hydrogen-bond donors (Lipinski definition) is 2. The van der Waals surface area contributed by atoms with Gasteiger partial charge in [-0.05, 0) is 79.5 Å². The second kappa shape index (κ2) is 17.5. The van der Waals surface area contributed by atoms with Gasteiger partial charge in [0.05, 0.1) is 6.34 Å². The van der Waals surface area contributed by atoms with Crippen molar-refractivity contribution in [3.05, 3.63) is 58.9 Å². The third kappa shape index (κ3) is 10.9. The number of hydrogen-bond acceptors (Lipinski definition) is 5. The normalized spacial score (nSPS) is 19.8. The van der Waals surface area contributed by atoms with Crippen molar-refractivity contribution in [2.75, 3.05) is 39.3 Å². The number of allylic oxidation sites excluding steroid dienone is 2. The quantitative estimate of drug-likeness (QED) is 0.211. The van der Waals surface area contributed by atoms with Crippen molar-refractivity contribution in [2.24, 2.45) is 27.2 Å². The number of rotatable bonds is 15. The highest BCUT2D eigenvalue weighted by Gasteiger charge is 2.29. The molecule has 2 aliphatic heterocycles. The molecule has 0 radical (unpaired) electrons. The van der Waals surface area contributed by atoms with Crippen molar-refractivity contribution in [3.8, 4) is 0 Å². The monoisotopic (exact) mass is 583 g/mol. The van der Waals surface area contributed by atoms with Crippen molar-refractivity contribution in [1.82, 2.24) is 15.5 Å². The zero-order valence-corrected chi connectivity index (χ0v) is 26.7. The molecule has 1 saturated heterocycles. The van der Waals surface area contributed by atoms with Crippen LogP contribution in [0.2, 0.25) is 0 Å². The van der Waals surface area contributed by atoms with E-state index in [0.717, 1.165) is 94.6 Å². The molecule has 1 aromatic rings. The van der Waals surface area contributed by atoms with Crippen molar-refractivity contribution >= 4 is 12.6 Å². The predicted molar refractivity (Wildman–Crippen MR) is 174 cm³/mol. The summed E-state index contributed by atoms with van der Waals surface area (Å²) in [6, 6.07) is 3.05. The van der Waals surface area contributed by atoms with E-state index < -0.39 is 11.6 Å². The van der Waals surface area contributed by atoms with Crippen LogP contribution in [0.1, 0.15) is 90.2 Å². The van der Waals surface area contributed by atoms with Crippen LogP contribution in [0.15, 0.2) is 46.2 Å². The number of benzene rings is 1. The van der Waals surface area contributed by atoms with E-state index in [1.165, 1.54) is 25.0 Å². The molecule has 3 rings (SSSR count). The molecule has 0 bridgehead atoms. The maximum absolute atomic E-state index is 15.0. The molecule has 0 aliphatic carbocycles. The van der Waals surface area contributed by atoms with Gasteiger partial charge in [-0.1, -0.05) is 47.1 Å². The minimum absolute atomic E-state index is 0.136. The van der Waals surface area contributed by atoms with Gasteiger partial charge in [0.1, 0.15) is 11.6 Å². The number of likely N-dealkylation sites (tertiary alicyclic amines) is 1. The van der Waals surface area contributed by atoms with Crippen LogP contribution in [0.4, 0.5) is 8.78 Å². The smallest absolute Gasteiger partial charge is 0.129 e. The minimum atomic E-state index is -0.451. The van der Waals surface area contributed by atoms with Crippen molar-refractivity contribution in [2.45, 2.75) is 91.9 Å². The first-order valence-corrected chi connectivity index (χ1v) is 16.3. The average molecular weight is 584 g/mol. The Kier molecular flexibility index (Phi) is 14.2. The Morgan fingerprint density at radius 2 is 1.74 bits per heavy atom. The average Bonchev–Trinajstić information content (AvgIpc) is 2.95. The molecule has 0 spiro atoms. The number of nitrogens with zero attached hydrogens (tertiary/aromatic N) is 3. The topological polar surface area (TPSA) is 52.0 Å². The molecule has 0 amide bonds. The van der Waals surface area contributed by atoms with Gasteiger partial charge in [0.25, 0.3) is 0 Å². The molecule has 0 saturated carbocycles. The summed E-state index contributed by atoms with van der Waals surface area (Å²) in [5.74, 6) is 0.213. The highest BCUT2D eigenvalue weighted by Crippen LogP contribution is 2.27. The Morgan fingerprint density at radius 1 is 1.05 bits per heavy atom. The lowest BCUT2D eigenvalue weighted by atomic mass is 9.84. The first-order chi connectivity index (χ1) is 20.3. The molecule has 7 heteroatoms. The third-order valence-electron chi connectivity index (χ3n) is 9.44. The minimum Gasteiger partial charge on any atom is -0.374 e. The Morgan fingerprint density at radius 3 is 2.40 bits per heavy atom. The molecular weight excluding hydrogens is 528 g/mol. The molecule has 1 atom stereocenters. The lowest BCUT2D eigenvalue weighted by Gasteiger charge is -2.43. The van der Waals surface area contributed by atoms with Crippen LogP contribution in [-0.2, 0) is 12.8 Å². The highest BCUT2D eigenvalue weighted by molar-refractivity contribution is 5.78. The number of aliphatic imine (C=N–C) groups is 2.